The van der Waals surface area contributed by atoms with Crippen molar-refractivity contribution in [3.05, 3.63) is 63.7 Å². The number of para-hydroxylation sites is 2. The van der Waals surface area contributed by atoms with Gasteiger partial charge in [-0.1, -0.05) is 29.8 Å². The highest BCUT2D eigenvalue weighted by Gasteiger charge is 2.33. The number of benzene rings is 2. The second-order valence-electron chi connectivity index (χ2n) is 9.29. The zero-order valence-corrected chi connectivity index (χ0v) is 20.3. The number of amides is 2. The summed E-state index contributed by atoms with van der Waals surface area (Å²) >= 11 is 0. The van der Waals surface area contributed by atoms with Crippen molar-refractivity contribution < 1.29 is 19.2 Å². The van der Waals surface area contributed by atoms with Gasteiger partial charge in [-0.25, -0.2) is 0 Å². The normalized spacial score (nSPS) is 18.3. The fraction of sp³-hybridized carbons (Fsp3) is 0.462. The second kappa shape index (κ2) is 10.8. The van der Waals surface area contributed by atoms with Crippen LogP contribution in [-0.4, -0.2) is 72.4 Å². The van der Waals surface area contributed by atoms with Crippen molar-refractivity contribution in [2.75, 3.05) is 50.8 Å². The van der Waals surface area contributed by atoms with Crippen molar-refractivity contribution in [1.29, 1.82) is 0 Å². The molecule has 4 rings (SSSR count). The van der Waals surface area contributed by atoms with Crippen LogP contribution in [0, 0.1) is 29.9 Å². The van der Waals surface area contributed by atoms with E-state index in [4.69, 9.17) is 4.74 Å². The summed E-state index contributed by atoms with van der Waals surface area (Å²) in [7, 11) is 0. The maximum atomic E-state index is 13.2. The number of hydrogen-bond donors (Lipinski definition) is 0. The van der Waals surface area contributed by atoms with E-state index >= 15 is 0 Å². The Balaban J connectivity index is 1.30. The number of nitro benzene ring substituents is 1. The summed E-state index contributed by atoms with van der Waals surface area (Å²) in [6, 6.07) is 12.4. The van der Waals surface area contributed by atoms with Crippen LogP contribution in [0.15, 0.2) is 42.5 Å². The summed E-state index contributed by atoms with van der Waals surface area (Å²) in [4.78, 5) is 42.5. The van der Waals surface area contributed by atoms with Gasteiger partial charge in [-0.2, -0.15) is 0 Å². The molecular weight excluding hydrogens is 448 g/mol. The number of piperazine rings is 1. The predicted octanol–water partition coefficient (Wildman–Crippen LogP) is 3.18. The molecule has 9 nitrogen and oxygen atoms in total. The first-order chi connectivity index (χ1) is 16.8. The van der Waals surface area contributed by atoms with Crippen molar-refractivity contribution in [3.63, 3.8) is 0 Å². The Morgan fingerprint density at radius 1 is 1.03 bits per heavy atom. The standard InChI is InChI=1S/C26H32N4O5/c1-19-9-10-22(20(2)16-19)27-12-14-28(15-13-27)26(32)21-6-5-11-29(17-21)25(31)18-35-24-8-4-3-7-23(24)30(33)34/h3-4,7-10,16,21H,5-6,11-15,17-18H2,1-2H3. The molecule has 2 saturated heterocycles. The van der Waals surface area contributed by atoms with Crippen LogP contribution < -0.4 is 9.64 Å². The van der Waals surface area contributed by atoms with Crippen LogP contribution in [0.2, 0.25) is 0 Å². The number of carbonyl (C=O) groups is 2. The third kappa shape index (κ3) is 5.72. The number of carbonyl (C=O) groups excluding carboxylic acids is 2. The first-order valence-electron chi connectivity index (χ1n) is 12.1. The van der Waals surface area contributed by atoms with Gasteiger partial charge in [0.2, 0.25) is 5.91 Å². The van der Waals surface area contributed by atoms with Gasteiger partial charge in [0.05, 0.1) is 10.8 Å². The molecule has 2 fully saturated rings. The van der Waals surface area contributed by atoms with E-state index in [1.54, 1.807) is 17.0 Å². The number of nitro groups is 1. The van der Waals surface area contributed by atoms with Gasteiger partial charge in [0, 0.05) is 51.0 Å². The van der Waals surface area contributed by atoms with Crippen LogP contribution in [-0.2, 0) is 9.59 Å². The SMILES string of the molecule is Cc1ccc(N2CCN(C(=O)C3CCCN(C(=O)COc4ccccc4[N+](=O)[O-])C3)CC2)c(C)c1. The van der Waals surface area contributed by atoms with Gasteiger partial charge in [-0.05, 0) is 44.4 Å². The average Bonchev–Trinajstić information content (AvgIpc) is 2.87. The van der Waals surface area contributed by atoms with E-state index in [-0.39, 0.29) is 35.8 Å². The lowest BCUT2D eigenvalue weighted by Crippen LogP contribution is -2.53. The molecule has 0 aliphatic carbocycles. The molecule has 2 aromatic rings. The summed E-state index contributed by atoms with van der Waals surface area (Å²) in [5.74, 6) is -0.327. The van der Waals surface area contributed by atoms with Gasteiger partial charge in [0.25, 0.3) is 5.91 Å². The van der Waals surface area contributed by atoms with Crippen LogP contribution in [0.5, 0.6) is 5.75 Å². The van der Waals surface area contributed by atoms with Gasteiger partial charge in [0.15, 0.2) is 12.4 Å². The molecule has 0 spiro atoms. The van der Waals surface area contributed by atoms with E-state index < -0.39 is 4.92 Å². The number of likely N-dealkylation sites (tertiary alicyclic amines) is 1. The summed E-state index contributed by atoms with van der Waals surface area (Å²) in [5.41, 5.74) is 3.53. The first-order valence-corrected chi connectivity index (χ1v) is 12.1. The second-order valence-corrected chi connectivity index (χ2v) is 9.29. The minimum Gasteiger partial charge on any atom is -0.477 e. The van der Waals surface area contributed by atoms with E-state index in [1.165, 1.54) is 28.9 Å². The molecule has 0 radical (unpaired) electrons. The lowest BCUT2D eigenvalue weighted by atomic mass is 9.96. The van der Waals surface area contributed by atoms with E-state index in [0.717, 1.165) is 25.9 Å². The molecule has 0 aromatic heterocycles. The number of aryl methyl sites for hydroxylation is 2. The van der Waals surface area contributed by atoms with E-state index in [9.17, 15) is 19.7 Å². The summed E-state index contributed by atoms with van der Waals surface area (Å²) in [6.45, 7) is 7.73. The van der Waals surface area contributed by atoms with Gasteiger partial charge in [0.1, 0.15) is 0 Å². The van der Waals surface area contributed by atoms with Crippen molar-refractivity contribution in [2.24, 2.45) is 5.92 Å². The Bertz CT molecular complexity index is 1100. The quantitative estimate of drug-likeness (QED) is 0.465. The fourth-order valence-corrected chi connectivity index (χ4v) is 4.95. The highest BCUT2D eigenvalue weighted by molar-refractivity contribution is 5.82. The maximum Gasteiger partial charge on any atom is 0.310 e. The van der Waals surface area contributed by atoms with Gasteiger partial charge < -0.3 is 19.4 Å². The molecule has 2 aliphatic heterocycles. The molecule has 2 amide bonds. The van der Waals surface area contributed by atoms with E-state index in [2.05, 4.69) is 36.9 Å². The van der Waals surface area contributed by atoms with Crippen LogP contribution in [0.3, 0.4) is 0 Å². The number of ether oxygens (including phenoxy) is 1. The molecule has 0 saturated carbocycles. The Kier molecular flexibility index (Phi) is 7.53. The Labute approximate surface area is 205 Å². The average molecular weight is 481 g/mol. The van der Waals surface area contributed by atoms with Gasteiger partial charge in [-0.15, -0.1) is 0 Å². The Morgan fingerprint density at radius 3 is 2.49 bits per heavy atom. The van der Waals surface area contributed by atoms with Crippen LogP contribution >= 0.6 is 0 Å². The van der Waals surface area contributed by atoms with Crippen molar-refractivity contribution in [1.82, 2.24) is 9.80 Å². The summed E-state index contributed by atoms with van der Waals surface area (Å²) in [6.07, 6.45) is 1.50. The number of piperidine rings is 1. The van der Waals surface area contributed by atoms with Crippen molar-refractivity contribution in [2.45, 2.75) is 26.7 Å². The van der Waals surface area contributed by atoms with Crippen molar-refractivity contribution >= 4 is 23.2 Å². The maximum absolute atomic E-state index is 13.2. The van der Waals surface area contributed by atoms with E-state index in [1.807, 2.05) is 4.90 Å². The zero-order valence-electron chi connectivity index (χ0n) is 20.3. The number of nitrogens with zero attached hydrogens (tertiary/aromatic N) is 4. The first kappa shape index (κ1) is 24.5. The molecule has 2 heterocycles. The van der Waals surface area contributed by atoms with Gasteiger partial charge in [-0.3, -0.25) is 19.7 Å². The lowest BCUT2D eigenvalue weighted by Gasteiger charge is -2.40. The third-order valence-corrected chi connectivity index (χ3v) is 6.82. The predicted molar refractivity (Wildman–Crippen MR) is 133 cm³/mol. The van der Waals surface area contributed by atoms with Crippen LogP contribution in [0.25, 0.3) is 0 Å². The molecule has 9 heteroatoms. The molecule has 1 atom stereocenters. The monoisotopic (exact) mass is 480 g/mol. The molecule has 2 aliphatic rings. The zero-order chi connectivity index (χ0) is 24.9. The Hall–Kier alpha value is -3.62. The third-order valence-electron chi connectivity index (χ3n) is 6.82. The van der Waals surface area contributed by atoms with Gasteiger partial charge >= 0.3 is 5.69 Å². The number of hydrogen-bond acceptors (Lipinski definition) is 6. The molecule has 1 unspecified atom stereocenters. The van der Waals surface area contributed by atoms with Crippen LogP contribution in [0.4, 0.5) is 11.4 Å². The largest absolute Gasteiger partial charge is 0.477 e. The number of rotatable bonds is 6. The number of anilines is 1. The van der Waals surface area contributed by atoms with E-state index in [0.29, 0.717) is 26.2 Å². The van der Waals surface area contributed by atoms with Crippen molar-refractivity contribution in [3.8, 4) is 5.75 Å². The molecular formula is C26H32N4O5. The molecule has 2 aromatic carbocycles. The molecule has 0 N–H and O–H groups in total. The summed E-state index contributed by atoms with van der Waals surface area (Å²) in [5, 5.41) is 11.2. The molecule has 186 valence electrons. The molecule has 0 bridgehead atoms. The lowest BCUT2D eigenvalue weighted by molar-refractivity contribution is -0.385. The topological polar surface area (TPSA) is 96.2 Å². The minimum absolute atomic E-state index is 0.0668. The van der Waals surface area contributed by atoms with Crippen LogP contribution in [0.1, 0.15) is 24.0 Å². The molecule has 35 heavy (non-hydrogen) atoms. The Morgan fingerprint density at radius 2 is 1.77 bits per heavy atom. The summed E-state index contributed by atoms with van der Waals surface area (Å²) < 4.78 is 5.46. The smallest absolute Gasteiger partial charge is 0.310 e. The fourth-order valence-electron chi connectivity index (χ4n) is 4.95. The minimum atomic E-state index is -0.532. The highest BCUT2D eigenvalue weighted by Crippen LogP contribution is 2.27. The highest BCUT2D eigenvalue weighted by atomic mass is 16.6.